The third-order valence-electron chi connectivity index (χ3n) is 3.15. The Hall–Kier alpha value is -0.570. The summed E-state index contributed by atoms with van der Waals surface area (Å²) in [6.45, 7) is 1.64. The molecule has 0 aromatic carbocycles. The maximum Gasteiger partial charge on any atom is 0.219 e. The van der Waals surface area contributed by atoms with E-state index in [4.69, 9.17) is 0 Å². The fraction of sp³-hybridized carbons (Fsp3) is 0.900. The first kappa shape index (κ1) is 10.5. The molecule has 1 aliphatic carbocycles. The first-order chi connectivity index (χ1) is 6.15. The molecule has 3 heteroatoms. The van der Waals surface area contributed by atoms with Crippen LogP contribution in [0.2, 0.25) is 0 Å². The van der Waals surface area contributed by atoms with Gasteiger partial charge in [-0.2, -0.15) is 0 Å². The quantitative estimate of drug-likeness (QED) is 0.694. The average molecular weight is 184 g/mol. The maximum absolute atomic E-state index is 11.1. The molecular weight excluding hydrogens is 164 g/mol. The Kier molecular flexibility index (Phi) is 3.72. The highest BCUT2D eigenvalue weighted by Crippen LogP contribution is 2.21. The highest BCUT2D eigenvalue weighted by atomic mass is 16.2. The largest absolute Gasteiger partial charge is 0.343 e. The summed E-state index contributed by atoms with van der Waals surface area (Å²) < 4.78 is 0. The van der Waals surface area contributed by atoms with E-state index in [2.05, 4.69) is 5.32 Å². The molecule has 0 unspecified atom stereocenters. The van der Waals surface area contributed by atoms with E-state index in [9.17, 15) is 4.79 Å². The summed E-state index contributed by atoms with van der Waals surface area (Å²) in [5.41, 5.74) is 0. The molecule has 13 heavy (non-hydrogen) atoms. The van der Waals surface area contributed by atoms with Crippen molar-refractivity contribution in [3.05, 3.63) is 0 Å². The zero-order valence-electron chi connectivity index (χ0n) is 8.84. The maximum atomic E-state index is 11.1. The molecule has 0 heterocycles. The second-order valence-electron chi connectivity index (χ2n) is 3.92. The molecule has 76 valence electrons. The lowest BCUT2D eigenvalue weighted by atomic mass is 9.90. The van der Waals surface area contributed by atoms with Gasteiger partial charge in [-0.15, -0.1) is 0 Å². The van der Waals surface area contributed by atoms with E-state index in [0.29, 0.717) is 12.1 Å². The molecule has 0 radical (unpaired) electrons. The van der Waals surface area contributed by atoms with Gasteiger partial charge in [-0.25, -0.2) is 0 Å². The van der Waals surface area contributed by atoms with Gasteiger partial charge in [-0.1, -0.05) is 0 Å². The Morgan fingerprint density at radius 2 is 1.85 bits per heavy atom. The topological polar surface area (TPSA) is 32.3 Å². The first-order valence-corrected chi connectivity index (χ1v) is 5.05. The van der Waals surface area contributed by atoms with E-state index < -0.39 is 0 Å². The van der Waals surface area contributed by atoms with Crippen LogP contribution in [-0.2, 0) is 4.79 Å². The smallest absolute Gasteiger partial charge is 0.219 e. The number of carbonyl (C=O) groups is 1. The van der Waals surface area contributed by atoms with E-state index in [1.54, 1.807) is 6.92 Å². The molecule has 0 atom stereocenters. The molecule has 0 bridgehead atoms. The van der Waals surface area contributed by atoms with Crippen molar-refractivity contribution >= 4 is 5.91 Å². The van der Waals surface area contributed by atoms with Crippen LogP contribution >= 0.6 is 0 Å². The predicted molar refractivity (Wildman–Crippen MR) is 53.5 cm³/mol. The van der Waals surface area contributed by atoms with Crippen LogP contribution in [0.5, 0.6) is 0 Å². The number of rotatable bonds is 2. The highest BCUT2D eigenvalue weighted by molar-refractivity contribution is 5.73. The Morgan fingerprint density at radius 1 is 1.31 bits per heavy atom. The fourth-order valence-corrected chi connectivity index (χ4v) is 2.01. The van der Waals surface area contributed by atoms with Crippen molar-refractivity contribution < 1.29 is 4.79 Å². The SMILES string of the molecule is CNC1CCC(N(C)C(C)=O)CC1. The van der Waals surface area contributed by atoms with Crippen molar-refractivity contribution in [1.29, 1.82) is 0 Å². The highest BCUT2D eigenvalue weighted by Gasteiger charge is 2.23. The van der Waals surface area contributed by atoms with Crippen LogP contribution in [0, 0.1) is 0 Å². The first-order valence-electron chi connectivity index (χ1n) is 5.05. The van der Waals surface area contributed by atoms with Crippen molar-refractivity contribution in [1.82, 2.24) is 10.2 Å². The zero-order valence-corrected chi connectivity index (χ0v) is 8.84. The number of hydrogen-bond acceptors (Lipinski definition) is 2. The molecule has 1 amide bonds. The lowest BCUT2D eigenvalue weighted by molar-refractivity contribution is -0.130. The number of hydrogen-bond donors (Lipinski definition) is 1. The third kappa shape index (κ3) is 2.69. The Labute approximate surface area is 80.5 Å². The normalized spacial score (nSPS) is 28.5. The van der Waals surface area contributed by atoms with Crippen LogP contribution in [0.3, 0.4) is 0 Å². The van der Waals surface area contributed by atoms with Crippen molar-refractivity contribution in [3.8, 4) is 0 Å². The Balaban J connectivity index is 2.36. The molecule has 0 aromatic heterocycles. The summed E-state index contributed by atoms with van der Waals surface area (Å²) in [5, 5.41) is 3.29. The van der Waals surface area contributed by atoms with Gasteiger partial charge < -0.3 is 10.2 Å². The van der Waals surface area contributed by atoms with Crippen LogP contribution in [0.4, 0.5) is 0 Å². The average Bonchev–Trinajstić information content (AvgIpc) is 2.17. The zero-order chi connectivity index (χ0) is 9.84. The molecule has 0 saturated heterocycles. The van der Waals surface area contributed by atoms with E-state index in [-0.39, 0.29) is 5.91 Å². The second-order valence-corrected chi connectivity index (χ2v) is 3.92. The Morgan fingerprint density at radius 3 is 2.23 bits per heavy atom. The van der Waals surface area contributed by atoms with Gasteiger partial charge in [0.15, 0.2) is 0 Å². The van der Waals surface area contributed by atoms with Gasteiger partial charge in [0, 0.05) is 26.1 Å². The van der Waals surface area contributed by atoms with Gasteiger partial charge in [-0.05, 0) is 32.7 Å². The van der Waals surface area contributed by atoms with Gasteiger partial charge in [0.1, 0.15) is 0 Å². The van der Waals surface area contributed by atoms with Gasteiger partial charge >= 0.3 is 0 Å². The van der Waals surface area contributed by atoms with E-state index in [0.717, 1.165) is 12.8 Å². The number of amides is 1. The minimum absolute atomic E-state index is 0.188. The molecule has 0 aliphatic heterocycles. The summed E-state index contributed by atoms with van der Waals surface area (Å²) in [5.74, 6) is 0.188. The van der Waals surface area contributed by atoms with Crippen molar-refractivity contribution in [3.63, 3.8) is 0 Å². The number of carbonyl (C=O) groups excluding carboxylic acids is 1. The molecule has 0 spiro atoms. The summed E-state index contributed by atoms with van der Waals surface area (Å²) in [6.07, 6.45) is 4.67. The minimum atomic E-state index is 0.188. The van der Waals surface area contributed by atoms with E-state index >= 15 is 0 Å². The second kappa shape index (κ2) is 4.61. The van der Waals surface area contributed by atoms with Crippen LogP contribution in [0.15, 0.2) is 0 Å². The molecule has 1 rings (SSSR count). The van der Waals surface area contributed by atoms with Crippen LogP contribution in [0.25, 0.3) is 0 Å². The van der Waals surface area contributed by atoms with Crippen molar-refractivity contribution in [2.24, 2.45) is 0 Å². The van der Waals surface area contributed by atoms with Gasteiger partial charge in [0.25, 0.3) is 0 Å². The lowest BCUT2D eigenvalue weighted by Gasteiger charge is -2.34. The van der Waals surface area contributed by atoms with E-state index in [1.165, 1.54) is 12.8 Å². The van der Waals surface area contributed by atoms with Gasteiger partial charge in [0.2, 0.25) is 5.91 Å². The number of nitrogens with one attached hydrogen (secondary N) is 1. The fourth-order valence-electron chi connectivity index (χ4n) is 2.01. The molecule has 1 saturated carbocycles. The summed E-state index contributed by atoms with van der Waals surface area (Å²) in [4.78, 5) is 13.0. The van der Waals surface area contributed by atoms with Crippen LogP contribution in [-0.4, -0.2) is 37.0 Å². The third-order valence-corrected chi connectivity index (χ3v) is 3.15. The van der Waals surface area contributed by atoms with Crippen molar-refractivity contribution in [2.75, 3.05) is 14.1 Å². The molecular formula is C10H20N2O. The minimum Gasteiger partial charge on any atom is -0.343 e. The van der Waals surface area contributed by atoms with Crippen LogP contribution in [0.1, 0.15) is 32.6 Å². The van der Waals surface area contributed by atoms with Crippen molar-refractivity contribution in [2.45, 2.75) is 44.7 Å². The molecule has 1 N–H and O–H groups in total. The summed E-state index contributed by atoms with van der Waals surface area (Å²) in [7, 11) is 3.92. The summed E-state index contributed by atoms with van der Waals surface area (Å²) >= 11 is 0. The predicted octanol–water partition coefficient (Wildman–Crippen LogP) is 0.995. The molecule has 0 aromatic rings. The standard InChI is InChI=1S/C10H20N2O/c1-8(13)12(3)10-6-4-9(11-2)5-7-10/h9-11H,4-7H2,1-3H3. The Bertz CT molecular complexity index is 174. The van der Waals surface area contributed by atoms with Crippen LogP contribution < -0.4 is 5.32 Å². The lowest BCUT2D eigenvalue weighted by Crippen LogP contribution is -2.41. The number of nitrogens with zero attached hydrogens (tertiary/aromatic N) is 1. The molecule has 3 nitrogen and oxygen atoms in total. The van der Waals surface area contributed by atoms with E-state index in [1.807, 2.05) is 19.0 Å². The molecule has 1 fully saturated rings. The summed E-state index contributed by atoms with van der Waals surface area (Å²) in [6, 6.07) is 1.14. The monoisotopic (exact) mass is 184 g/mol. The van der Waals surface area contributed by atoms with Gasteiger partial charge in [0.05, 0.1) is 0 Å². The molecule has 1 aliphatic rings. The van der Waals surface area contributed by atoms with Gasteiger partial charge in [-0.3, -0.25) is 4.79 Å².